The summed E-state index contributed by atoms with van der Waals surface area (Å²) < 4.78 is 0. The van der Waals surface area contributed by atoms with Gasteiger partial charge in [0.15, 0.2) is 0 Å². The maximum atomic E-state index is 9.97. The Kier molecular flexibility index (Phi) is 3.86. The van der Waals surface area contributed by atoms with Crippen LogP contribution in [0.1, 0.15) is 20.3 Å². The van der Waals surface area contributed by atoms with Crippen molar-refractivity contribution in [1.82, 2.24) is 0 Å². The highest BCUT2D eigenvalue weighted by molar-refractivity contribution is 5.97. The molecule has 0 amide bonds. The van der Waals surface area contributed by atoms with Crippen LogP contribution in [0.2, 0.25) is 0 Å². The molecule has 3 nitrogen and oxygen atoms in total. The first kappa shape index (κ1) is 11.7. The molecule has 0 aromatic heterocycles. The fraction of sp³-hybridized carbons (Fsp3) is 0.417. The maximum absolute atomic E-state index is 9.97. The van der Waals surface area contributed by atoms with Gasteiger partial charge in [0, 0.05) is 17.2 Å². The Bertz CT molecular complexity index is 338. The van der Waals surface area contributed by atoms with Crippen LogP contribution < -0.4 is 0 Å². The van der Waals surface area contributed by atoms with Crippen molar-refractivity contribution >= 4 is 5.71 Å². The van der Waals surface area contributed by atoms with Gasteiger partial charge in [0.2, 0.25) is 0 Å². The SMILES string of the molecule is CC(=N)/C(=C(\O)C1C=CC=CC1)C(C)O. The minimum absolute atomic E-state index is 0.109. The largest absolute Gasteiger partial charge is 0.511 e. The van der Waals surface area contributed by atoms with Crippen LogP contribution in [-0.4, -0.2) is 22.0 Å². The maximum Gasteiger partial charge on any atom is 0.107 e. The minimum atomic E-state index is -0.804. The van der Waals surface area contributed by atoms with Gasteiger partial charge in [-0.1, -0.05) is 24.3 Å². The van der Waals surface area contributed by atoms with Crippen molar-refractivity contribution in [3.8, 4) is 0 Å². The average Bonchev–Trinajstić information content (AvgIpc) is 2.18. The monoisotopic (exact) mass is 207 g/mol. The van der Waals surface area contributed by atoms with Crippen LogP contribution in [0.5, 0.6) is 0 Å². The van der Waals surface area contributed by atoms with Gasteiger partial charge in [-0.2, -0.15) is 0 Å². The molecule has 3 heteroatoms. The van der Waals surface area contributed by atoms with Crippen LogP contribution in [0.3, 0.4) is 0 Å². The molecule has 2 unspecified atom stereocenters. The Balaban J connectivity index is 2.99. The predicted octanol–water partition coefficient (Wildman–Crippen LogP) is 2.35. The summed E-state index contributed by atoms with van der Waals surface area (Å²) in [7, 11) is 0. The van der Waals surface area contributed by atoms with Gasteiger partial charge in [0.25, 0.3) is 0 Å². The lowest BCUT2D eigenvalue weighted by atomic mass is 9.92. The van der Waals surface area contributed by atoms with E-state index in [0.29, 0.717) is 12.0 Å². The van der Waals surface area contributed by atoms with E-state index in [1.165, 1.54) is 0 Å². The van der Waals surface area contributed by atoms with Crippen LogP contribution in [-0.2, 0) is 0 Å². The molecule has 0 aliphatic heterocycles. The highest BCUT2D eigenvalue weighted by atomic mass is 16.3. The molecule has 3 N–H and O–H groups in total. The van der Waals surface area contributed by atoms with E-state index < -0.39 is 6.10 Å². The normalized spacial score (nSPS) is 23.5. The third kappa shape index (κ3) is 2.80. The summed E-state index contributed by atoms with van der Waals surface area (Å²) >= 11 is 0. The van der Waals surface area contributed by atoms with Crippen LogP contribution in [0, 0.1) is 11.3 Å². The molecule has 1 aliphatic carbocycles. The number of hydrogen-bond acceptors (Lipinski definition) is 3. The smallest absolute Gasteiger partial charge is 0.107 e. The molecule has 0 saturated heterocycles. The van der Waals surface area contributed by atoms with Crippen molar-refractivity contribution in [3.63, 3.8) is 0 Å². The lowest BCUT2D eigenvalue weighted by molar-refractivity contribution is 0.225. The lowest BCUT2D eigenvalue weighted by Gasteiger charge is -2.18. The molecule has 0 saturated carbocycles. The Morgan fingerprint density at radius 2 is 2.13 bits per heavy atom. The summed E-state index contributed by atoms with van der Waals surface area (Å²) in [4.78, 5) is 0. The number of aliphatic hydroxyl groups excluding tert-OH is 2. The minimum Gasteiger partial charge on any atom is -0.511 e. The van der Waals surface area contributed by atoms with E-state index in [4.69, 9.17) is 5.41 Å². The zero-order valence-electron chi connectivity index (χ0n) is 9.07. The summed E-state index contributed by atoms with van der Waals surface area (Å²) in [6.45, 7) is 3.13. The summed E-state index contributed by atoms with van der Waals surface area (Å²) in [6.07, 6.45) is 7.53. The second-order valence-corrected chi connectivity index (χ2v) is 3.76. The van der Waals surface area contributed by atoms with Crippen molar-refractivity contribution in [2.24, 2.45) is 5.92 Å². The standard InChI is InChI=1S/C12H17NO2/c1-8(13)11(9(2)14)12(15)10-6-4-3-5-7-10/h3-6,9-10,13-15H,7H2,1-2H3/b12-11+,13-8?. The van der Waals surface area contributed by atoms with Crippen molar-refractivity contribution in [2.45, 2.75) is 26.4 Å². The zero-order chi connectivity index (χ0) is 11.4. The number of allylic oxidation sites excluding steroid dienone is 4. The molecule has 2 atom stereocenters. The van der Waals surface area contributed by atoms with Crippen LogP contribution in [0.15, 0.2) is 35.6 Å². The zero-order valence-corrected chi connectivity index (χ0v) is 9.07. The fourth-order valence-electron chi connectivity index (χ4n) is 1.70. The number of aliphatic hydroxyl groups is 2. The Hall–Kier alpha value is -1.35. The summed E-state index contributed by atoms with van der Waals surface area (Å²) in [5, 5.41) is 27.0. The summed E-state index contributed by atoms with van der Waals surface area (Å²) in [5.74, 6) is -0.00185. The molecule has 0 spiro atoms. The molecule has 0 aromatic rings. The van der Waals surface area contributed by atoms with E-state index in [0.717, 1.165) is 0 Å². The van der Waals surface area contributed by atoms with Gasteiger partial charge in [0.1, 0.15) is 5.76 Å². The Morgan fingerprint density at radius 3 is 2.53 bits per heavy atom. The number of nitrogens with one attached hydrogen (secondary N) is 1. The van der Waals surface area contributed by atoms with Gasteiger partial charge in [0.05, 0.1) is 6.10 Å². The fourth-order valence-corrected chi connectivity index (χ4v) is 1.70. The molecule has 15 heavy (non-hydrogen) atoms. The van der Waals surface area contributed by atoms with Crippen LogP contribution in [0.4, 0.5) is 0 Å². The van der Waals surface area contributed by atoms with E-state index in [2.05, 4.69) is 0 Å². The second-order valence-electron chi connectivity index (χ2n) is 3.76. The van der Waals surface area contributed by atoms with Gasteiger partial charge in [-0.15, -0.1) is 0 Å². The van der Waals surface area contributed by atoms with Crippen molar-refractivity contribution in [3.05, 3.63) is 35.6 Å². The van der Waals surface area contributed by atoms with Gasteiger partial charge in [-0.05, 0) is 20.3 Å². The van der Waals surface area contributed by atoms with E-state index in [1.807, 2.05) is 24.3 Å². The Morgan fingerprint density at radius 1 is 1.47 bits per heavy atom. The van der Waals surface area contributed by atoms with Gasteiger partial charge < -0.3 is 15.6 Å². The molecule has 1 rings (SSSR count). The molecular formula is C12H17NO2. The highest BCUT2D eigenvalue weighted by Gasteiger charge is 2.19. The molecule has 0 aromatic carbocycles. The summed E-state index contributed by atoms with van der Waals surface area (Å²) in [5.41, 5.74) is 0.547. The van der Waals surface area contributed by atoms with Gasteiger partial charge >= 0.3 is 0 Å². The molecule has 0 fully saturated rings. The topological polar surface area (TPSA) is 64.3 Å². The number of hydrogen-bond donors (Lipinski definition) is 3. The van der Waals surface area contributed by atoms with Gasteiger partial charge in [-0.25, -0.2) is 0 Å². The Labute approximate surface area is 90.0 Å². The van der Waals surface area contributed by atoms with E-state index in [9.17, 15) is 10.2 Å². The average molecular weight is 207 g/mol. The first-order chi connectivity index (χ1) is 7.04. The quantitative estimate of drug-likeness (QED) is 0.491. The van der Waals surface area contributed by atoms with Crippen molar-refractivity contribution in [2.75, 3.05) is 0 Å². The lowest BCUT2D eigenvalue weighted by Crippen LogP contribution is -2.18. The van der Waals surface area contributed by atoms with E-state index in [-0.39, 0.29) is 17.4 Å². The molecular weight excluding hydrogens is 190 g/mol. The highest BCUT2D eigenvalue weighted by Crippen LogP contribution is 2.23. The van der Waals surface area contributed by atoms with Crippen molar-refractivity contribution < 1.29 is 10.2 Å². The molecule has 0 bridgehead atoms. The predicted molar refractivity (Wildman–Crippen MR) is 61.1 cm³/mol. The first-order valence-electron chi connectivity index (χ1n) is 5.04. The van der Waals surface area contributed by atoms with Crippen molar-refractivity contribution in [1.29, 1.82) is 5.41 Å². The van der Waals surface area contributed by atoms with Crippen LogP contribution in [0.25, 0.3) is 0 Å². The van der Waals surface area contributed by atoms with E-state index in [1.54, 1.807) is 13.8 Å². The number of rotatable bonds is 3. The molecule has 0 heterocycles. The van der Waals surface area contributed by atoms with E-state index >= 15 is 0 Å². The van der Waals surface area contributed by atoms with Crippen LogP contribution >= 0.6 is 0 Å². The molecule has 1 aliphatic rings. The third-order valence-electron chi connectivity index (χ3n) is 2.43. The summed E-state index contributed by atoms with van der Waals surface area (Å²) in [6, 6.07) is 0. The molecule has 0 radical (unpaired) electrons. The first-order valence-corrected chi connectivity index (χ1v) is 5.04. The molecule has 82 valence electrons. The third-order valence-corrected chi connectivity index (χ3v) is 2.43. The van der Waals surface area contributed by atoms with Gasteiger partial charge in [-0.3, -0.25) is 0 Å². The second kappa shape index (κ2) is 4.94.